The van der Waals surface area contributed by atoms with Crippen LogP contribution in [0.3, 0.4) is 0 Å². The zero-order chi connectivity index (χ0) is 20.3. The molecule has 0 aliphatic heterocycles. The second-order valence-corrected chi connectivity index (χ2v) is 6.96. The molecule has 146 valence electrons. The van der Waals surface area contributed by atoms with Crippen LogP contribution in [0.4, 0.5) is 5.82 Å². The first-order chi connectivity index (χ1) is 13.4. The van der Waals surface area contributed by atoms with E-state index in [1.165, 1.54) is 0 Å². The van der Waals surface area contributed by atoms with Gasteiger partial charge in [-0.05, 0) is 43.9 Å². The molecule has 6 nitrogen and oxygen atoms in total. The molecule has 1 aromatic carbocycles. The van der Waals surface area contributed by atoms with E-state index in [2.05, 4.69) is 10.4 Å². The van der Waals surface area contributed by atoms with Crippen molar-refractivity contribution in [3.05, 3.63) is 80.9 Å². The summed E-state index contributed by atoms with van der Waals surface area (Å²) in [4.78, 5) is 25.9. The molecule has 3 rings (SSSR count). The van der Waals surface area contributed by atoms with Gasteiger partial charge < -0.3 is 9.88 Å². The first-order valence-electron chi connectivity index (χ1n) is 9.50. The number of pyridine rings is 1. The Morgan fingerprint density at radius 1 is 1.14 bits per heavy atom. The van der Waals surface area contributed by atoms with Crippen molar-refractivity contribution in [1.82, 2.24) is 14.3 Å². The van der Waals surface area contributed by atoms with Crippen LogP contribution in [0.2, 0.25) is 0 Å². The Morgan fingerprint density at radius 3 is 2.50 bits per heavy atom. The van der Waals surface area contributed by atoms with Crippen molar-refractivity contribution < 1.29 is 4.79 Å². The van der Waals surface area contributed by atoms with Gasteiger partial charge in [-0.25, -0.2) is 0 Å². The van der Waals surface area contributed by atoms with E-state index in [1.54, 1.807) is 29.4 Å². The van der Waals surface area contributed by atoms with E-state index < -0.39 is 5.91 Å². The van der Waals surface area contributed by atoms with Crippen LogP contribution < -0.4 is 10.9 Å². The Kier molecular flexibility index (Phi) is 5.78. The second-order valence-electron chi connectivity index (χ2n) is 6.96. The van der Waals surface area contributed by atoms with Gasteiger partial charge in [0.1, 0.15) is 11.4 Å². The van der Waals surface area contributed by atoms with Crippen LogP contribution in [-0.2, 0) is 26.4 Å². The predicted molar refractivity (Wildman–Crippen MR) is 111 cm³/mol. The van der Waals surface area contributed by atoms with E-state index in [0.29, 0.717) is 17.9 Å². The molecule has 28 heavy (non-hydrogen) atoms. The summed E-state index contributed by atoms with van der Waals surface area (Å²) in [6, 6.07) is 11.8. The zero-order valence-corrected chi connectivity index (χ0v) is 16.8. The van der Waals surface area contributed by atoms with E-state index in [0.717, 1.165) is 29.7 Å². The largest absolute Gasteiger partial charge is 0.315 e. The molecule has 0 aliphatic carbocycles. The molecule has 1 N–H and O–H groups in total. The molecule has 6 heteroatoms. The van der Waals surface area contributed by atoms with Crippen LogP contribution in [0.5, 0.6) is 0 Å². The highest BCUT2D eigenvalue weighted by atomic mass is 16.2. The van der Waals surface area contributed by atoms with Gasteiger partial charge in [0, 0.05) is 25.4 Å². The van der Waals surface area contributed by atoms with Crippen molar-refractivity contribution in [2.75, 3.05) is 5.32 Å². The molecule has 0 aliphatic rings. The third kappa shape index (κ3) is 3.91. The van der Waals surface area contributed by atoms with Gasteiger partial charge in [0.05, 0.1) is 5.69 Å². The van der Waals surface area contributed by atoms with Crippen LogP contribution in [-0.4, -0.2) is 20.3 Å². The number of rotatable bonds is 6. The van der Waals surface area contributed by atoms with Gasteiger partial charge in [-0.1, -0.05) is 37.3 Å². The van der Waals surface area contributed by atoms with Gasteiger partial charge in [-0.2, -0.15) is 5.10 Å². The molecule has 0 bridgehead atoms. The van der Waals surface area contributed by atoms with Crippen LogP contribution in [0.25, 0.3) is 0 Å². The lowest BCUT2D eigenvalue weighted by atomic mass is 10.1. The normalized spacial score (nSPS) is 10.9. The van der Waals surface area contributed by atoms with Crippen molar-refractivity contribution in [2.24, 2.45) is 7.05 Å². The molecule has 2 aromatic heterocycles. The van der Waals surface area contributed by atoms with Gasteiger partial charge in [-0.15, -0.1) is 0 Å². The highest BCUT2D eigenvalue weighted by Gasteiger charge is 2.19. The van der Waals surface area contributed by atoms with Crippen molar-refractivity contribution in [3.8, 4) is 0 Å². The maximum absolute atomic E-state index is 13.0. The van der Waals surface area contributed by atoms with E-state index in [-0.39, 0.29) is 11.1 Å². The van der Waals surface area contributed by atoms with Gasteiger partial charge in [0.2, 0.25) is 0 Å². The quantitative estimate of drug-likeness (QED) is 0.716. The van der Waals surface area contributed by atoms with Crippen LogP contribution in [0.1, 0.15) is 39.7 Å². The van der Waals surface area contributed by atoms with E-state index in [1.807, 2.05) is 50.2 Å². The molecule has 0 atom stereocenters. The highest BCUT2D eigenvalue weighted by Crippen LogP contribution is 2.19. The van der Waals surface area contributed by atoms with Crippen LogP contribution in [0.15, 0.2) is 47.4 Å². The van der Waals surface area contributed by atoms with E-state index in [9.17, 15) is 9.59 Å². The molecule has 0 saturated carbocycles. The number of hydrogen-bond acceptors (Lipinski definition) is 3. The number of anilines is 1. The van der Waals surface area contributed by atoms with Gasteiger partial charge in [-0.3, -0.25) is 14.3 Å². The van der Waals surface area contributed by atoms with Crippen molar-refractivity contribution in [2.45, 2.75) is 40.2 Å². The minimum atomic E-state index is -0.398. The Morgan fingerprint density at radius 2 is 1.86 bits per heavy atom. The monoisotopic (exact) mass is 378 g/mol. The molecule has 0 unspecified atom stereocenters. The minimum absolute atomic E-state index is 0.175. The van der Waals surface area contributed by atoms with Crippen LogP contribution >= 0.6 is 0 Å². The van der Waals surface area contributed by atoms with E-state index >= 15 is 0 Å². The molecule has 1 amide bonds. The summed E-state index contributed by atoms with van der Waals surface area (Å²) in [5.74, 6) is 0.227. The highest BCUT2D eigenvalue weighted by molar-refractivity contribution is 6.04. The molecule has 0 saturated heterocycles. The number of amides is 1. The Labute approximate surface area is 164 Å². The number of nitrogens with zero attached hydrogens (tertiary/aromatic N) is 3. The standard InChI is InChI=1S/C22H26N4O2/c1-5-18-16(3)20(25(4)24-18)23-21(27)19-15(2)11-13-26(22(19)28)14-12-17-9-7-6-8-10-17/h6-11,13H,5,12,14H2,1-4H3,(H,23,27). The average Bonchev–Trinajstić information content (AvgIpc) is 2.96. The van der Waals surface area contributed by atoms with Gasteiger partial charge in [0.15, 0.2) is 0 Å². The predicted octanol–water partition coefficient (Wildman–Crippen LogP) is 3.26. The third-order valence-corrected chi connectivity index (χ3v) is 5.03. The SMILES string of the molecule is CCc1nn(C)c(NC(=O)c2c(C)ccn(CCc3ccccc3)c2=O)c1C. The number of nitrogens with one attached hydrogen (secondary N) is 1. The summed E-state index contributed by atoms with van der Waals surface area (Å²) < 4.78 is 3.25. The molecular weight excluding hydrogens is 352 g/mol. The van der Waals surface area contributed by atoms with Crippen molar-refractivity contribution >= 4 is 11.7 Å². The Bertz CT molecular complexity index is 1050. The molecular formula is C22H26N4O2. The fraction of sp³-hybridized carbons (Fsp3) is 0.318. The van der Waals surface area contributed by atoms with Crippen molar-refractivity contribution in [1.29, 1.82) is 0 Å². The molecule has 0 radical (unpaired) electrons. The summed E-state index contributed by atoms with van der Waals surface area (Å²) in [6.45, 7) is 6.25. The smallest absolute Gasteiger partial charge is 0.263 e. The second kappa shape index (κ2) is 8.25. The number of aromatic nitrogens is 3. The fourth-order valence-corrected chi connectivity index (χ4v) is 3.38. The summed E-state index contributed by atoms with van der Waals surface area (Å²) >= 11 is 0. The van der Waals surface area contributed by atoms with E-state index in [4.69, 9.17) is 0 Å². The number of carbonyl (C=O) groups excluding carboxylic acids is 1. The van der Waals surface area contributed by atoms with Crippen molar-refractivity contribution in [3.63, 3.8) is 0 Å². The summed E-state index contributed by atoms with van der Waals surface area (Å²) in [7, 11) is 1.79. The number of hydrogen-bond donors (Lipinski definition) is 1. The third-order valence-electron chi connectivity index (χ3n) is 5.03. The average molecular weight is 378 g/mol. The molecule has 0 fully saturated rings. The maximum Gasteiger partial charge on any atom is 0.263 e. The fourth-order valence-electron chi connectivity index (χ4n) is 3.38. The Hall–Kier alpha value is -3.15. The Balaban J connectivity index is 1.86. The van der Waals surface area contributed by atoms with Gasteiger partial charge in [0.25, 0.3) is 11.5 Å². The number of carbonyl (C=O) groups is 1. The lowest BCUT2D eigenvalue weighted by Gasteiger charge is -2.12. The molecule has 3 aromatic rings. The lowest BCUT2D eigenvalue weighted by molar-refractivity contribution is 0.102. The maximum atomic E-state index is 13.0. The summed E-state index contributed by atoms with van der Waals surface area (Å²) in [5.41, 5.74) is 3.57. The number of aryl methyl sites for hydroxylation is 5. The summed E-state index contributed by atoms with van der Waals surface area (Å²) in [6.07, 6.45) is 3.26. The molecule has 0 spiro atoms. The first-order valence-corrected chi connectivity index (χ1v) is 9.50. The van der Waals surface area contributed by atoms with Crippen LogP contribution in [0, 0.1) is 13.8 Å². The number of benzene rings is 1. The summed E-state index contributed by atoms with van der Waals surface area (Å²) in [5, 5.41) is 7.30. The topological polar surface area (TPSA) is 68.9 Å². The van der Waals surface area contributed by atoms with Gasteiger partial charge >= 0.3 is 0 Å². The molecule has 2 heterocycles. The minimum Gasteiger partial charge on any atom is -0.315 e. The lowest BCUT2D eigenvalue weighted by Crippen LogP contribution is -2.31. The zero-order valence-electron chi connectivity index (χ0n) is 16.8. The first kappa shape index (κ1) is 19.6.